The van der Waals surface area contributed by atoms with Crippen LogP contribution in [0.3, 0.4) is 0 Å². The average molecular weight is 527 g/mol. The Hall–Kier alpha value is -1.91. The van der Waals surface area contributed by atoms with Crippen molar-refractivity contribution in [2.75, 3.05) is 33.7 Å². The van der Waals surface area contributed by atoms with E-state index in [1.807, 2.05) is 42.9 Å². The molecule has 8 nitrogen and oxygen atoms in total. The van der Waals surface area contributed by atoms with Crippen LogP contribution in [0.2, 0.25) is 0 Å². The first kappa shape index (κ1) is 24.4. The maximum absolute atomic E-state index is 12.7. The third kappa shape index (κ3) is 5.83. The minimum absolute atomic E-state index is 0. The van der Waals surface area contributed by atoms with Crippen molar-refractivity contribution < 1.29 is 4.79 Å². The number of nitrogens with one attached hydrogen (secondary N) is 2. The number of amides is 1. The lowest BCUT2D eigenvalue weighted by molar-refractivity contribution is -0.138. The van der Waals surface area contributed by atoms with Crippen LogP contribution in [0.1, 0.15) is 44.9 Å². The highest BCUT2D eigenvalue weighted by Gasteiger charge is 2.42. The largest absolute Gasteiger partial charge is 0.357 e. The van der Waals surface area contributed by atoms with E-state index >= 15 is 0 Å². The van der Waals surface area contributed by atoms with Crippen LogP contribution in [0.5, 0.6) is 0 Å². The zero-order valence-electron chi connectivity index (χ0n) is 18.2. The van der Waals surface area contributed by atoms with Gasteiger partial charge in [-0.3, -0.25) is 14.2 Å². The molecule has 0 bridgehead atoms. The Kier molecular flexibility index (Phi) is 9.32. The summed E-state index contributed by atoms with van der Waals surface area (Å²) in [4.78, 5) is 19.2. The number of aryl methyl sites for hydroxylation is 1. The van der Waals surface area contributed by atoms with Crippen LogP contribution < -0.4 is 10.6 Å². The van der Waals surface area contributed by atoms with Gasteiger partial charge < -0.3 is 15.5 Å². The molecule has 0 unspecified atom stereocenters. The highest BCUT2D eigenvalue weighted by molar-refractivity contribution is 14.0. The molecule has 2 aromatic rings. The molecule has 3 rings (SSSR count). The summed E-state index contributed by atoms with van der Waals surface area (Å²) in [5.41, 5.74) is 0.532. The molecule has 1 aliphatic rings. The summed E-state index contributed by atoms with van der Waals surface area (Å²) in [6, 6.07) is 5.91. The molecule has 166 valence electrons. The number of aliphatic imine (C=N–C) groups is 1. The van der Waals surface area contributed by atoms with Gasteiger partial charge in [-0.05, 0) is 38.3 Å². The second kappa shape index (κ2) is 11.5. The number of halogens is 1. The van der Waals surface area contributed by atoms with Crippen molar-refractivity contribution in [2.24, 2.45) is 10.4 Å². The fraction of sp³-hybridized carbons (Fsp3) is 0.619. The van der Waals surface area contributed by atoms with E-state index in [2.05, 4.69) is 27.8 Å². The van der Waals surface area contributed by atoms with E-state index in [1.165, 1.54) is 0 Å². The Morgan fingerprint density at radius 1 is 1.23 bits per heavy atom. The van der Waals surface area contributed by atoms with Gasteiger partial charge in [0.05, 0.1) is 12.0 Å². The summed E-state index contributed by atoms with van der Waals surface area (Å²) in [6.45, 7) is 4.15. The van der Waals surface area contributed by atoms with Crippen molar-refractivity contribution in [3.05, 3.63) is 30.2 Å². The van der Waals surface area contributed by atoms with Crippen molar-refractivity contribution in [1.82, 2.24) is 30.1 Å². The van der Waals surface area contributed by atoms with Gasteiger partial charge in [0, 0.05) is 39.8 Å². The molecule has 1 amide bonds. The lowest BCUT2D eigenvalue weighted by atomic mass is 9.85. The lowest BCUT2D eigenvalue weighted by Crippen LogP contribution is -2.43. The SMILES string of the molecule is CCNC(=NCC1(C(=O)N(C)C)CCCC1)NCCCc1nnc2ccccn12.I. The highest BCUT2D eigenvalue weighted by atomic mass is 127. The number of fused-ring (bicyclic) bond motifs is 1. The summed E-state index contributed by atoms with van der Waals surface area (Å²) in [6.07, 6.45) is 7.80. The molecule has 1 aliphatic carbocycles. The quantitative estimate of drug-likeness (QED) is 0.239. The topological polar surface area (TPSA) is 86.9 Å². The van der Waals surface area contributed by atoms with Crippen LogP contribution in [-0.4, -0.2) is 65.1 Å². The maximum Gasteiger partial charge on any atom is 0.230 e. The van der Waals surface area contributed by atoms with E-state index in [0.29, 0.717) is 6.54 Å². The van der Waals surface area contributed by atoms with Crippen molar-refractivity contribution in [2.45, 2.75) is 45.4 Å². The molecule has 30 heavy (non-hydrogen) atoms. The molecule has 0 radical (unpaired) electrons. The van der Waals surface area contributed by atoms with E-state index in [0.717, 1.165) is 69.0 Å². The second-order valence-corrected chi connectivity index (χ2v) is 7.96. The van der Waals surface area contributed by atoms with E-state index in [-0.39, 0.29) is 35.3 Å². The summed E-state index contributed by atoms with van der Waals surface area (Å²) in [7, 11) is 3.67. The van der Waals surface area contributed by atoms with Crippen LogP contribution in [-0.2, 0) is 11.2 Å². The van der Waals surface area contributed by atoms with Crippen LogP contribution >= 0.6 is 24.0 Å². The van der Waals surface area contributed by atoms with Crippen LogP contribution in [0.25, 0.3) is 5.65 Å². The predicted molar refractivity (Wildman–Crippen MR) is 130 cm³/mol. The molecule has 0 spiro atoms. The van der Waals surface area contributed by atoms with Crippen molar-refractivity contribution in [1.29, 1.82) is 0 Å². The molecule has 0 aromatic carbocycles. The molecule has 0 aliphatic heterocycles. The van der Waals surface area contributed by atoms with Crippen molar-refractivity contribution in [3.8, 4) is 0 Å². The first-order valence-corrected chi connectivity index (χ1v) is 10.6. The minimum Gasteiger partial charge on any atom is -0.357 e. The van der Waals surface area contributed by atoms with E-state index in [1.54, 1.807) is 4.90 Å². The van der Waals surface area contributed by atoms with E-state index in [4.69, 9.17) is 4.99 Å². The van der Waals surface area contributed by atoms with Crippen LogP contribution in [0, 0.1) is 5.41 Å². The third-order valence-corrected chi connectivity index (χ3v) is 5.56. The zero-order chi connectivity index (χ0) is 20.7. The van der Waals surface area contributed by atoms with Gasteiger partial charge in [0.15, 0.2) is 11.6 Å². The van der Waals surface area contributed by atoms with Gasteiger partial charge in [0.1, 0.15) is 5.82 Å². The minimum atomic E-state index is -0.341. The Bertz CT molecular complexity index is 843. The second-order valence-electron chi connectivity index (χ2n) is 7.96. The zero-order valence-corrected chi connectivity index (χ0v) is 20.6. The van der Waals surface area contributed by atoms with Gasteiger partial charge in [0.25, 0.3) is 0 Å². The Labute approximate surface area is 195 Å². The summed E-state index contributed by atoms with van der Waals surface area (Å²) < 4.78 is 2.02. The molecule has 0 atom stereocenters. The first-order chi connectivity index (χ1) is 14.1. The molecule has 1 fully saturated rings. The standard InChI is InChI=1S/C21H33N7O.HI/c1-4-22-20(24-16-21(12-6-7-13-21)19(29)27(2)3)23-14-9-11-18-26-25-17-10-5-8-15-28(17)18;/h5,8,10,15H,4,6-7,9,11-14,16H2,1-3H3,(H2,22,23,24);1H. The number of hydrogen-bond donors (Lipinski definition) is 2. The monoisotopic (exact) mass is 527 g/mol. The van der Waals surface area contributed by atoms with Gasteiger partial charge in [-0.15, -0.1) is 34.2 Å². The number of hydrogen-bond acceptors (Lipinski definition) is 4. The van der Waals surface area contributed by atoms with Crippen molar-refractivity contribution >= 4 is 41.5 Å². The molecule has 1 saturated carbocycles. The smallest absolute Gasteiger partial charge is 0.230 e. The number of guanidine groups is 1. The normalized spacial score (nSPS) is 15.6. The van der Waals surface area contributed by atoms with Gasteiger partial charge in [-0.25, -0.2) is 0 Å². The van der Waals surface area contributed by atoms with Gasteiger partial charge in [0.2, 0.25) is 5.91 Å². The van der Waals surface area contributed by atoms with Crippen LogP contribution in [0.15, 0.2) is 29.4 Å². The van der Waals surface area contributed by atoms with Gasteiger partial charge in [-0.1, -0.05) is 18.9 Å². The van der Waals surface area contributed by atoms with Crippen molar-refractivity contribution in [3.63, 3.8) is 0 Å². The molecular weight excluding hydrogens is 493 g/mol. The van der Waals surface area contributed by atoms with E-state index < -0.39 is 0 Å². The molecule has 2 heterocycles. The number of aromatic nitrogens is 3. The molecule has 9 heteroatoms. The Morgan fingerprint density at radius 2 is 2.00 bits per heavy atom. The Morgan fingerprint density at radius 3 is 2.70 bits per heavy atom. The predicted octanol–water partition coefficient (Wildman–Crippen LogP) is 2.48. The molecule has 2 aromatic heterocycles. The van der Waals surface area contributed by atoms with Gasteiger partial charge >= 0.3 is 0 Å². The highest BCUT2D eigenvalue weighted by Crippen LogP contribution is 2.39. The lowest BCUT2D eigenvalue weighted by Gasteiger charge is -2.29. The third-order valence-electron chi connectivity index (χ3n) is 5.56. The number of carbonyl (C=O) groups is 1. The molecular formula is C21H34IN7O. The fourth-order valence-corrected chi connectivity index (χ4v) is 4.05. The maximum atomic E-state index is 12.7. The number of nitrogens with zero attached hydrogens (tertiary/aromatic N) is 5. The number of carbonyl (C=O) groups excluding carboxylic acids is 1. The number of pyridine rings is 1. The molecule has 2 N–H and O–H groups in total. The van der Waals surface area contributed by atoms with Gasteiger partial charge in [-0.2, -0.15) is 0 Å². The summed E-state index contributed by atoms with van der Waals surface area (Å²) >= 11 is 0. The van der Waals surface area contributed by atoms with Crippen LogP contribution in [0.4, 0.5) is 0 Å². The molecule has 0 saturated heterocycles. The first-order valence-electron chi connectivity index (χ1n) is 10.6. The number of rotatable bonds is 8. The average Bonchev–Trinajstić information content (AvgIpc) is 3.36. The Balaban J connectivity index is 0.00000320. The fourth-order valence-electron chi connectivity index (χ4n) is 4.05. The van der Waals surface area contributed by atoms with E-state index in [9.17, 15) is 4.79 Å². The summed E-state index contributed by atoms with van der Waals surface area (Å²) in [5, 5.41) is 15.2. The summed E-state index contributed by atoms with van der Waals surface area (Å²) in [5.74, 6) is 1.94.